The molecule has 0 saturated heterocycles. The lowest BCUT2D eigenvalue weighted by Gasteiger charge is -2.13. The van der Waals surface area contributed by atoms with E-state index in [1.807, 2.05) is 0 Å². The molecule has 0 radical (unpaired) electrons. The lowest BCUT2D eigenvalue weighted by atomic mass is 10.1. The van der Waals surface area contributed by atoms with Crippen molar-refractivity contribution in [2.24, 2.45) is 0 Å². The Bertz CT molecular complexity index is 585. The van der Waals surface area contributed by atoms with Crippen molar-refractivity contribution in [3.63, 3.8) is 0 Å². The van der Waals surface area contributed by atoms with Crippen LogP contribution in [0.2, 0.25) is 0 Å². The second kappa shape index (κ2) is 9.42. The van der Waals surface area contributed by atoms with Gasteiger partial charge in [0.25, 0.3) is 5.91 Å². The molecule has 0 aromatic heterocycles. The summed E-state index contributed by atoms with van der Waals surface area (Å²) in [6, 6.07) is 3.43. The fourth-order valence-corrected chi connectivity index (χ4v) is 3.12. The molecule has 2 rings (SSSR count). The van der Waals surface area contributed by atoms with Gasteiger partial charge in [0.2, 0.25) is 0 Å². The molecule has 0 atom stereocenters. The monoisotopic (exact) mass is 349 g/mol. The largest absolute Gasteiger partial charge is 0.481 e. The molecule has 1 amide bonds. The number of aliphatic carboxylic acids is 1. The zero-order valence-corrected chi connectivity index (χ0v) is 15.0. The molecule has 0 bridgehead atoms. The first-order valence-electron chi connectivity index (χ1n) is 8.83. The van der Waals surface area contributed by atoms with Crippen LogP contribution in [0.1, 0.15) is 53.6 Å². The third kappa shape index (κ3) is 6.05. The van der Waals surface area contributed by atoms with Crippen LogP contribution in [0.15, 0.2) is 12.1 Å². The smallest absolute Gasteiger partial charge is 0.341 e. The van der Waals surface area contributed by atoms with E-state index >= 15 is 0 Å². The number of benzene rings is 1. The van der Waals surface area contributed by atoms with Crippen LogP contribution >= 0.6 is 0 Å². The summed E-state index contributed by atoms with van der Waals surface area (Å²) in [7, 11) is 0. The number of ether oxygens (including phenoxy) is 2. The van der Waals surface area contributed by atoms with Crippen molar-refractivity contribution in [2.75, 3.05) is 19.8 Å². The maximum atomic E-state index is 12.3. The maximum Gasteiger partial charge on any atom is 0.341 e. The number of rotatable bonds is 9. The average molecular weight is 349 g/mol. The van der Waals surface area contributed by atoms with Gasteiger partial charge in [0.05, 0.1) is 6.10 Å². The van der Waals surface area contributed by atoms with Gasteiger partial charge in [-0.05, 0) is 56.4 Å². The first-order chi connectivity index (χ1) is 12.0. The van der Waals surface area contributed by atoms with Crippen molar-refractivity contribution in [3.8, 4) is 5.75 Å². The minimum atomic E-state index is -1.03. The topological polar surface area (TPSA) is 84.9 Å². The maximum absolute atomic E-state index is 12.3. The highest BCUT2D eigenvalue weighted by Crippen LogP contribution is 2.25. The molecule has 0 unspecified atom stereocenters. The van der Waals surface area contributed by atoms with E-state index in [1.54, 1.807) is 26.0 Å². The minimum Gasteiger partial charge on any atom is -0.481 e. The molecule has 2 N–H and O–H groups in total. The first kappa shape index (κ1) is 19.2. The Morgan fingerprint density at radius 2 is 1.84 bits per heavy atom. The number of hydrogen-bond donors (Lipinski definition) is 2. The molecule has 1 aliphatic carbocycles. The number of hydrogen-bond acceptors (Lipinski definition) is 4. The van der Waals surface area contributed by atoms with E-state index in [-0.39, 0.29) is 5.91 Å². The Kier molecular flexibility index (Phi) is 7.25. The van der Waals surface area contributed by atoms with Crippen molar-refractivity contribution in [1.29, 1.82) is 0 Å². The molecule has 138 valence electrons. The van der Waals surface area contributed by atoms with Crippen LogP contribution in [0, 0.1) is 13.8 Å². The van der Waals surface area contributed by atoms with Gasteiger partial charge in [0, 0.05) is 18.7 Å². The van der Waals surface area contributed by atoms with E-state index in [0.717, 1.165) is 30.4 Å². The van der Waals surface area contributed by atoms with Gasteiger partial charge in [-0.2, -0.15) is 0 Å². The van der Waals surface area contributed by atoms with E-state index in [1.165, 1.54) is 12.8 Å². The number of carbonyl (C=O) groups is 2. The van der Waals surface area contributed by atoms with Crippen LogP contribution in [0.5, 0.6) is 5.75 Å². The molecule has 1 aliphatic rings. The van der Waals surface area contributed by atoms with Crippen LogP contribution in [0.25, 0.3) is 0 Å². The zero-order chi connectivity index (χ0) is 18.2. The molecule has 0 spiro atoms. The van der Waals surface area contributed by atoms with Crippen molar-refractivity contribution in [3.05, 3.63) is 28.8 Å². The molecule has 25 heavy (non-hydrogen) atoms. The van der Waals surface area contributed by atoms with E-state index in [4.69, 9.17) is 14.6 Å². The quantitative estimate of drug-likeness (QED) is 0.670. The average Bonchev–Trinajstić information content (AvgIpc) is 3.06. The standard InChI is InChI=1S/C19H27NO5/c1-13-10-15(11-14(2)18(13)25-12-17(21)22)19(23)20-8-5-9-24-16-6-3-4-7-16/h10-11,16H,3-9,12H2,1-2H3,(H,20,23)(H,21,22). The fraction of sp³-hybridized carbons (Fsp3) is 0.579. The van der Waals surface area contributed by atoms with Gasteiger partial charge < -0.3 is 19.9 Å². The van der Waals surface area contributed by atoms with Gasteiger partial charge in [-0.3, -0.25) is 4.79 Å². The summed E-state index contributed by atoms with van der Waals surface area (Å²) >= 11 is 0. The van der Waals surface area contributed by atoms with Crippen LogP contribution < -0.4 is 10.1 Å². The normalized spacial score (nSPS) is 14.5. The number of amides is 1. The number of nitrogens with one attached hydrogen (secondary N) is 1. The van der Waals surface area contributed by atoms with Gasteiger partial charge in [-0.1, -0.05) is 12.8 Å². The highest BCUT2D eigenvalue weighted by Gasteiger charge is 2.15. The van der Waals surface area contributed by atoms with Crippen LogP contribution in [-0.2, 0) is 9.53 Å². The van der Waals surface area contributed by atoms with Gasteiger partial charge in [-0.15, -0.1) is 0 Å². The van der Waals surface area contributed by atoms with Crippen molar-refractivity contribution >= 4 is 11.9 Å². The molecule has 1 fully saturated rings. The van der Waals surface area contributed by atoms with Crippen molar-refractivity contribution < 1.29 is 24.2 Å². The second-order valence-electron chi connectivity index (χ2n) is 6.51. The van der Waals surface area contributed by atoms with E-state index in [0.29, 0.717) is 30.6 Å². The number of carboxylic acids is 1. The summed E-state index contributed by atoms with van der Waals surface area (Å²) in [6.07, 6.45) is 6.01. The highest BCUT2D eigenvalue weighted by atomic mass is 16.5. The second-order valence-corrected chi connectivity index (χ2v) is 6.51. The Balaban J connectivity index is 1.79. The Labute approximate surface area is 148 Å². The van der Waals surface area contributed by atoms with Crippen molar-refractivity contribution in [1.82, 2.24) is 5.32 Å². The highest BCUT2D eigenvalue weighted by molar-refractivity contribution is 5.94. The molecule has 6 nitrogen and oxygen atoms in total. The molecule has 1 aromatic carbocycles. The first-order valence-corrected chi connectivity index (χ1v) is 8.83. The zero-order valence-electron chi connectivity index (χ0n) is 15.0. The van der Waals surface area contributed by atoms with E-state index in [9.17, 15) is 9.59 Å². The predicted octanol–water partition coefficient (Wildman–Crippen LogP) is 2.85. The summed E-state index contributed by atoms with van der Waals surface area (Å²) in [5.74, 6) is -0.652. The summed E-state index contributed by atoms with van der Waals surface area (Å²) < 4.78 is 11.1. The van der Waals surface area contributed by atoms with Crippen LogP contribution in [0.4, 0.5) is 0 Å². The van der Waals surface area contributed by atoms with Gasteiger partial charge in [-0.25, -0.2) is 4.79 Å². The lowest BCUT2D eigenvalue weighted by molar-refractivity contribution is -0.139. The molecular weight excluding hydrogens is 322 g/mol. The number of carboxylic acid groups (broad SMARTS) is 1. The number of aryl methyl sites for hydroxylation is 2. The Morgan fingerprint density at radius 3 is 2.44 bits per heavy atom. The van der Waals surface area contributed by atoms with Crippen molar-refractivity contribution in [2.45, 2.75) is 52.1 Å². The van der Waals surface area contributed by atoms with Gasteiger partial charge in [0.1, 0.15) is 5.75 Å². The molecule has 1 aromatic rings. The van der Waals surface area contributed by atoms with Crippen LogP contribution in [-0.4, -0.2) is 42.8 Å². The van der Waals surface area contributed by atoms with Gasteiger partial charge >= 0.3 is 5.97 Å². The summed E-state index contributed by atoms with van der Waals surface area (Å²) in [5.41, 5.74) is 2.04. The third-order valence-corrected chi connectivity index (χ3v) is 4.32. The molecule has 0 heterocycles. The fourth-order valence-electron chi connectivity index (χ4n) is 3.12. The molecule has 1 saturated carbocycles. The number of carbonyl (C=O) groups excluding carboxylic acids is 1. The summed E-state index contributed by atoms with van der Waals surface area (Å²) in [5, 5.41) is 11.6. The summed E-state index contributed by atoms with van der Waals surface area (Å²) in [4.78, 5) is 22.9. The third-order valence-electron chi connectivity index (χ3n) is 4.32. The Hall–Kier alpha value is -2.08. The molecular formula is C19H27NO5. The summed E-state index contributed by atoms with van der Waals surface area (Å²) in [6.45, 7) is 4.45. The molecule has 0 aliphatic heterocycles. The molecule has 6 heteroatoms. The minimum absolute atomic E-state index is 0.142. The van der Waals surface area contributed by atoms with E-state index < -0.39 is 12.6 Å². The predicted molar refractivity (Wildman–Crippen MR) is 94.2 cm³/mol. The lowest BCUT2D eigenvalue weighted by Crippen LogP contribution is -2.26. The van der Waals surface area contributed by atoms with E-state index in [2.05, 4.69) is 5.32 Å². The Morgan fingerprint density at radius 1 is 1.20 bits per heavy atom. The van der Waals surface area contributed by atoms with Crippen LogP contribution in [0.3, 0.4) is 0 Å². The van der Waals surface area contributed by atoms with Gasteiger partial charge in [0.15, 0.2) is 6.61 Å². The SMILES string of the molecule is Cc1cc(C(=O)NCCCOC2CCCC2)cc(C)c1OCC(=O)O.